The monoisotopic (exact) mass is 487 g/mol. The number of amides is 2. The van der Waals surface area contributed by atoms with Crippen molar-refractivity contribution in [1.29, 1.82) is 0 Å². The van der Waals surface area contributed by atoms with Crippen molar-refractivity contribution in [3.05, 3.63) is 60.4 Å². The van der Waals surface area contributed by atoms with Crippen LogP contribution in [0, 0.1) is 5.92 Å². The van der Waals surface area contributed by atoms with E-state index in [1.807, 2.05) is 32.3 Å². The Bertz CT molecular complexity index is 1110. The number of urea groups is 1. The Morgan fingerprint density at radius 2 is 1.97 bits per heavy atom. The second kappa shape index (κ2) is 10.5. The van der Waals surface area contributed by atoms with E-state index in [1.165, 1.54) is 17.0 Å². The van der Waals surface area contributed by atoms with Crippen LogP contribution < -0.4 is 5.32 Å². The van der Waals surface area contributed by atoms with Gasteiger partial charge in [0, 0.05) is 32.5 Å². The maximum Gasteiger partial charge on any atom is 0.362 e. The molecule has 176 valence electrons. The minimum atomic E-state index is -4.05. The molecule has 3 atom stereocenters. The van der Waals surface area contributed by atoms with E-state index < -0.39 is 21.5 Å². The molecular weight excluding hydrogens is 458 g/mol. The molecule has 1 saturated carbocycles. The van der Waals surface area contributed by atoms with Gasteiger partial charge in [-0.15, -0.1) is 0 Å². The predicted molar refractivity (Wildman–Crippen MR) is 131 cm³/mol. The highest BCUT2D eigenvalue weighted by molar-refractivity contribution is 7.90. The molecule has 0 radical (unpaired) electrons. The molecule has 8 nitrogen and oxygen atoms in total. The average molecular weight is 488 g/mol. The van der Waals surface area contributed by atoms with E-state index in [9.17, 15) is 13.2 Å². The Balaban J connectivity index is 1.89. The van der Waals surface area contributed by atoms with Crippen molar-refractivity contribution in [2.75, 3.05) is 14.1 Å². The molecule has 0 saturated heterocycles. The molecule has 33 heavy (non-hydrogen) atoms. The molecule has 10 heteroatoms. The molecule has 1 unspecified atom stereocenters. The van der Waals surface area contributed by atoms with Crippen molar-refractivity contribution in [1.82, 2.24) is 15.2 Å². The zero-order chi connectivity index (χ0) is 24.1. The lowest BCUT2D eigenvalue weighted by Crippen LogP contribution is -2.56. The van der Waals surface area contributed by atoms with Gasteiger partial charge in [-0.1, -0.05) is 54.4 Å². The molecule has 0 aliphatic heterocycles. The summed E-state index contributed by atoms with van der Waals surface area (Å²) in [4.78, 5) is 19.3. The molecule has 1 heterocycles. The molecule has 1 N–H and O–H groups in total. The number of benzene rings is 1. The number of nitrogens with one attached hydrogen (secondary N) is 1. The Morgan fingerprint density at radius 1 is 1.24 bits per heavy atom. The van der Waals surface area contributed by atoms with Gasteiger partial charge in [-0.2, -0.15) is 8.42 Å². The van der Waals surface area contributed by atoms with E-state index in [4.69, 9.17) is 12.2 Å². The number of carbonyl (C=O) groups excluding carboxylic acids is 1. The van der Waals surface area contributed by atoms with E-state index >= 15 is 0 Å². The summed E-state index contributed by atoms with van der Waals surface area (Å²) < 4.78 is 28.1. The first kappa shape index (κ1) is 24.9. The summed E-state index contributed by atoms with van der Waals surface area (Å²) in [6.07, 6.45) is 7.27. The maximum atomic E-state index is 12.8. The van der Waals surface area contributed by atoms with Crippen LogP contribution >= 0.6 is 12.2 Å². The van der Waals surface area contributed by atoms with Crippen LogP contribution in [0.25, 0.3) is 0 Å². The van der Waals surface area contributed by atoms with Gasteiger partial charge in [0.15, 0.2) is 0 Å². The third kappa shape index (κ3) is 5.11. The lowest BCUT2D eigenvalue weighted by Gasteiger charge is -2.48. The standard InChI is InChI=1S/C23H29N5O3S2/c1-17(28(3)22(29)26-27-33(30,31)19-11-5-4-6-12-19)20-13-7-8-14-23(20,21(32)24-2)18-10-9-15-25-16-18/h4-6,9-12,15-17,20H,7-8,13-14H2,1-3H3,(H,24,32)/b27-26-/t17?,20-,23-/m1/s1. The van der Waals surface area contributed by atoms with Crippen molar-refractivity contribution in [2.45, 2.75) is 49.0 Å². The normalized spacial score (nSPS) is 22.0. The first-order chi connectivity index (χ1) is 15.7. The molecule has 1 aliphatic carbocycles. The lowest BCUT2D eigenvalue weighted by atomic mass is 9.60. The molecule has 3 rings (SSSR count). The predicted octanol–water partition coefficient (Wildman–Crippen LogP) is 4.34. The minimum absolute atomic E-state index is 0.00900. The van der Waals surface area contributed by atoms with Gasteiger partial charge in [0.25, 0.3) is 10.0 Å². The summed E-state index contributed by atoms with van der Waals surface area (Å²) in [5, 5.41) is 6.71. The fourth-order valence-corrected chi connectivity index (χ4v) is 5.86. The van der Waals surface area contributed by atoms with Crippen LogP contribution in [0.3, 0.4) is 0 Å². The van der Waals surface area contributed by atoms with Crippen molar-refractivity contribution >= 4 is 33.3 Å². The van der Waals surface area contributed by atoms with Gasteiger partial charge in [-0.05, 0) is 54.0 Å². The number of likely N-dealkylation sites (N-methyl/N-ethyl adjacent to an activating group) is 1. The number of aromatic nitrogens is 1. The van der Waals surface area contributed by atoms with E-state index in [2.05, 4.69) is 19.9 Å². The van der Waals surface area contributed by atoms with Crippen LogP contribution in [-0.2, 0) is 15.4 Å². The van der Waals surface area contributed by atoms with Crippen LogP contribution in [0.15, 0.2) is 69.4 Å². The van der Waals surface area contributed by atoms with Gasteiger partial charge in [-0.25, -0.2) is 4.79 Å². The Morgan fingerprint density at radius 3 is 2.61 bits per heavy atom. The summed E-state index contributed by atoms with van der Waals surface area (Å²) in [6, 6.07) is 10.6. The fourth-order valence-electron chi connectivity index (χ4n) is 4.72. The highest BCUT2D eigenvalue weighted by atomic mass is 32.2. The molecule has 2 amide bonds. The second-order valence-corrected chi connectivity index (χ2v) is 10.2. The van der Waals surface area contributed by atoms with Gasteiger partial charge >= 0.3 is 6.03 Å². The van der Waals surface area contributed by atoms with Gasteiger partial charge in [0.2, 0.25) is 0 Å². The summed E-state index contributed by atoms with van der Waals surface area (Å²) in [6.45, 7) is 1.94. The van der Waals surface area contributed by atoms with Crippen molar-refractivity contribution < 1.29 is 13.2 Å². The van der Waals surface area contributed by atoms with Crippen LogP contribution in [0.5, 0.6) is 0 Å². The van der Waals surface area contributed by atoms with E-state index in [0.29, 0.717) is 4.99 Å². The molecule has 1 aromatic heterocycles. The minimum Gasteiger partial charge on any atom is -0.382 e. The Kier molecular flexibility index (Phi) is 7.91. The van der Waals surface area contributed by atoms with Gasteiger partial charge < -0.3 is 10.2 Å². The van der Waals surface area contributed by atoms with Crippen molar-refractivity contribution in [2.24, 2.45) is 15.6 Å². The first-order valence-corrected chi connectivity index (χ1v) is 12.7. The van der Waals surface area contributed by atoms with E-state index in [0.717, 1.165) is 31.2 Å². The molecule has 0 spiro atoms. The largest absolute Gasteiger partial charge is 0.382 e. The third-order valence-corrected chi connectivity index (χ3v) is 8.28. The quantitative estimate of drug-likeness (QED) is 0.480. The number of hydrogen-bond donors (Lipinski definition) is 1. The smallest absolute Gasteiger partial charge is 0.362 e. The number of rotatable bonds is 6. The number of hydrogen-bond acceptors (Lipinski definition) is 5. The topological polar surface area (TPSA) is 104 Å². The zero-order valence-electron chi connectivity index (χ0n) is 19.0. The molecule has 1 fully saturated rings. The number of nitrogens with zero attached hydrogens (tertiary/aromatic N) is 4. The maximum absolute atomic E-state index is 12.8. The zero-order valence-corrected chi connectivity index (χ0v) is 20.6. The third-order valence-electron chi connectivity index (χ3n) is 6.55. The SMILES string of the molecule is CNC(=S)[C@@]1(c2cccnc2)CCCC[C@@H]1C(C)N(C)C(=O)/N=N\S(=O)(=O)c1ccccc1. The molecule has 2 aromatic rings. The second-order valence-electron chi connectivity index (χ2n) is 8.25. The molecule has 1 aliphatic rings. The van der Waals surface area contributed by atoms with E-state index in [-0.39, 0.29) is 16.9 Å². The summed E-state index contributed by atoms with van der Waals surface area (Å²) >= 11 is 5.81. The van der Waals surface area contributed by atoms with Crippen LogP contribution in [0.4, 0.5) is 4.79 Å². The Labute approximate surface area is 200 Å². The number of sulfonamides is 1. The van der Waals surface area contributed by atoms with Crippen molar-refractivity contribution in [3.63, 3.8) is 0 Å². The van der Waals surface area contributed by atoms with Crippen LogP contribution in [0.2, 0.25) is 0 Å². The number of thiocarbonyl (C=S) groups is 1. The van der Waals surface area contributed by atoms with Crippen LogP contribution in [0.1, 0.15) is 38.2 Å². The van der Waals surface area contributed by atoms with E-state index in [1.54, 1.807) is 31.4 Å². The lowest BCUT2D eigenvalue weighted by molar-refractivity contribution is 0.129. The van der Waals surface area contributed by atoms with Crippen molar-refractivity contribution in [3.8, 4) is 0 Å². The fraction of sp³-hybridized carbons (Fsp3) is 0.435. The van der Waals surface area contributed by atoms with Crippen LogP contribution in [-0.4, -0.2) is 49.5 Å². The van der Waals surface area contributed by atoms with Gasteiger partial charge in [-0.3, -0.25) is 4.98 Å². The molecule has 1 aromatic carbocycles. The number of pyridine rings is 1. The average Bonchev–Trinajstić information content (AvgIpc) is 2.86. The first-order valence-electron chi connectivity index (χ1n) is 10.9. The summed E-state index contributed by atoms with van der Waals surface area (Å²) in [5.41, 5.74) is 0.521. The highest BCUT2D eigenvalue weighted by Gasteiger charge is 2.49. The molecule has 0 bridgehead atoms. The highest BCUT2D eigenvalue weighted by Crippen LogP contribution is 2.47. The molecular formula is C23H29N5O3S2. The number of carbonyl (C=O) groups is 1. The summed E-state index contributed by atoms with van der Waals surface area (Å²) in [5.74, 6) is -0.00900. The van der Waals surface area contributed by atoms with Gasteiger partial charge in [0.05, 0.1) is 15.3 Å². The Hall–Kier alpha value is -2.72. The summed E-state index contributed by atoms with van der Waals surface area (Å²) in [7, 11) is -0.620. The van der Waals surface area contributed by atoms with Gasteiger partial charge in [0.1, 0.15) is 0 Å².